The minimum absolute atomic E-state index is 0.252. The third-order valence-electron chi connectivity index (χ3n) is 4.17. The molecule has 2 aromatic carbocycles. The Morgan fingerprint density at radius 2 is 1.82 bits per heavy atom. The first kappa shape index (κ1) is 18.2. The van der Waals surface area contributed by atoms with Crippen LogP contribution in [0.3, 0.4) is 0 Å². The summed E-state index contributed by atoms with van der Waals surface area (Å²) in [5, 5.41) is 13.7. The molecule has 28 heavy (non-hydrogen) atoms. The fraction of sp³-hybridized carbons (Fsp3) is 0.150. The topological polar surface area (TPSA) is 61.5 Å². The molecule has 0 spiro atoms. The van der Waals surface area contributed by atoms with Gasteiger partial charge in [-0.2, -0.15) is 9.61 Å². The van der Waals surface area contributed by atoms with Gasteiger partial charge in [0, 0.05) is 11.3 Å². The van der Waals surface area contributed by atoms with Crippen molar-refractivity contribution in [1.82, 2.24) is 19.8 Å². The molecule has 0 amide bonds. The Hall–Kier alpha value is -3.13. The molecule has 4 rings (SSSR count). The zero-order valence-electron chi connectivity index (χ0n) is 15.3. The third-order valence-corrected chi connectivity index (χ3v) is 5.16. The van der Waals surface area contributed by atoms with Crippen LogP contribution >= 0.6 is 11.8 Å². The molecule has 0 saturated carbocycles. The molecule has 0 unspecified atom stereocenters. The predicted molar refractivity (Wildman–Crippen MR) is 105 cm³/mol. The van der Waals surface area contributed by atoms with Crippen molar-refractivity contribution in [2.75, 3.05) is 14.2 Å². The van der Waals surface area contributed by atoms with Crippen LogP contribution in [0.1, 0.15) is 5.56 Å². The van der Waals surface area contributed by atoms with Crippen LogP contribution < -0.4 is 9.47 Å². The van der Waals surface area contributed by atoms with Crippen LogP contribution in [-0.4, -0.2) is 34.0 Å². The van der Waals surface area contributed by atoms with Gasteiger partial charge < -0.3 is 9.47 Å². The Kier molecular flexibility index (Phi) is 5.12. The molecule has 4 aromatic rings. The predicted octanol–water partition coefficient (Wildman–Crippen LogP) is 4.24. The number of ether oxygens (including phenoxy) is 2. The molecule has 0 atom stereocenters. The van der Waals surface area contributed by atoms with E-state index in [9.17, 15) is 4.39 Å². The van der Waals surface area contributed by atoms with E-state index in [-0.39, 0.29) is 5.82 Å². The van der Waals surface area contributed by atoms with Crippen molar-refractivity contribution in [3.05, 3.63) is 66.0 Å². The Morgan fingerprint density at radius 3 is 2.61 bits per heavy atom. The molecule has 0 fully saturated rings. The van der Waals surface area contributed by atoms with Crippen molar-refractivity contribution in [2.24, 2.45) is 0 Å². The Balaban J connectivity index is 1.64. The molecule has 0 radical (unpaired) electrons. The molecule has 0 aliphatic carbocycles. The van der Waals surface area contributed by atoms with Crippen molar-refractivity contribution >= 4 is 17.4 Å². The second-order valence-corrected chi connectivity index (χ2v) is 6.90. The van der Waals surface area contributed by atoms with Crippen LogP contribution in [0.2, 0.25) is 0 Å². The van der Waals surface area contributed by atoms with Gasteiger partial charge in [-0.25, -0.2) is 4.39 Å². The number of methoxy groups -OCH3 is 2. The maximum Gasteiger partial charge on any atom is 0.212 e. The zero-order valence-corrected chi connectivity index (χ0v) is 16.1. The second-order valence-electron chi connectivity index (χ2n) is 5.96. The number of aromatic nitrogens is 4. The lowest BCUT2D eigenvalue weighted by atomic mass is 10.1. The molecular weight excluding hydrogens is 379 g/mol. The van der Waals surface area contributed by atoms with Gasteiger partial charge in [-0.15, -0.1) is 10.2 Å². The Labute approximate surface area is 165 Å². The van der Waals surface area contributed by atoms with Crippen molar-refractivity contribution < 1.29 is 13.9 Å². The zero-order chi connectivity index (χ0) is 19.5. The lowest BCUT2D eigenvalue weighted by molar-refractivity contribution is 0.355. The summed E-state index contributed by atoms with van der Waals surface area (Å²) in [6, 6.07) is 15.9. The summed E-state index contributed by atoms with van der Waals surface area (Å²) >= 11 is 1.45. The van der Waals surface area contributed by atoms with Crippen LogP contribution in [0, 0.1) is 5.82 Å². The van der Waals surface area contributed by atoms with Gasteiger partial charge in [0.05, 0.1) is 19.9 Å². The number of thioether (sulfide) groups is 1. The van der Waals surface area contributed by atoms with Crippen LogP contribution in [0.5, 0.6) is 11.5 Å². The standard InChI is InChI=1S/C20H17FN4O2S/c1-26-17-8-6-14(11-18(17)27-2)16-7-9-19-22-23-20(25(19)24-16)28-12-13-4-3-5-15(21)10-13/h3-11H,12H2,1-2H3. The maximum absolute atomic E-state index is 13.4. The minimum Gasteiger partial charge on any atom is -0.493 e. The highest BCUT2D eigenvalue weighted by Gasteiger charge is 2.12. The largest absolute Gasteiger partial charge is 0.493 e. The van der Waals surface area contributed by atoms with Gasteiger partial charge in [0.1, 0.15) is 5.82 Å². The van der Waals surface area contributed by atoms with Crippen molar-refractivity contribution in [3.8, 4) is 22.8 Å². The molecule has 142 valence electrons. The summed E-state index contributed by atoms with van der Waals surface area (Å²) in [4.78, 5) is 0. The number of hydrogen-bond acceptors (Lipinski definition) is 6. The van der Waals surface area contributed by atoms with E-state index in [4.69, 9.17) is 9.47 Å². The van der Waals surface area contributed by atoms with Crippen LogP contribution in [0.4, 0.5) is 4.39 Å². The van der Waals surface area contributed by atoms with Gasteiger partial charge in [0.2, 0.25) is 5.16 Å². The molecule has 0 N–H and O–H groups in total. The highest BCUT2D eigenvalue weighted by Crippen LogP contribution is 2.32. The number of rotatable bonds is 6. The number of fused-ring (bicyclic) bond motifs is 1. The van der Waals surface area contributed by atoms with E-state index in [1.165, 1.54) is 23.9 Å². The molecule has 6 nitrogen and oxygen atoms in total. The van der Waals surface area contributed by atoms with Gasteiger partial charge in [-0.1, -0.05) is 23.9 Å². The van der Waals surface area contributed by atoms with Gasteiger partial charge in [0.15, 0.2) is 17.1 Å². The summed E-state index contributed by atoms with van der Waals surface area (Å²) in [6.07, 6.45) is 0. The lowest BCUT2D eigenvalue weighted by Crippen LogP contribution is -1.97. The lowest BCUT2D eigenvalue weighted by Gasteiger charge is -2.09. The monoisotopic (exact) mass is 396 g/mol. The normalized spacial score (nSPS) is 11.0. The summed E-state index contributed by atoms with van der Waals surface area (Å²) in [6.45, 7) is 0. The van der Waals surface area contributed by atoms with Crippen molar-refractivity contribution in [2.45, 2.75) is 10.9 Å². The van der Waals surface area contributed by atoms with Crippen molar-refractivity contribution in [1.29, 1.82) is 0 Å². The summed E-state index contributed by atoms with van der Waals surface area (Å²) in [5.74, 6) is 1.60. The number of hydrogen-bond donors (Lipinski definition) is 0. The molecule has 0 bridgehead atoms. The van der Waals surface area contributed by atoms with Crippen molar-refractivity contribution in [3.63, 3.8) is 0 Å². The second kappa shape index (κ2) is 7.85. The average molecular weight is 396 g/mol. The SMILES string of the molecule is COc1ccc(-c2ccc3nnc(SCc4cccc(F)c4)n3n2)cc1OC. The smallest absolute Gasteiger partial charge is 0.212 e. The Morgan fingerprint density at radius 1 is 0.964 bits per heavy atom. The molecule has 0 aliphatic rings. The van der Waals surface area contributed by atoms with Crippen LogP contribution in [0.15, 0.2) is 59.8 Å². The van der Waals surface area contributed by atoms with E-state index >= 15 is 0 Å². The van der Waals surface area contributed by atoms with Crippen LogP contribution in [0.25, 0.3) is 16.9 Å². The highest BCUT2D eigenvalue weighted by atomic mass is 32.2. The van der Waals surface area contributed by atoms with E-state index < -0.39 is 0 Å². The first-order valence-corrected chi connectivity index (χ1v) is 9.48. The van der Waals surface area contributed by atoms with E-state index in [1.807, 2.05) is 36.4 Å². The van der Waals surface area contributed by atoms with Gasteiger partial charge in [-0.05, 0) is 48.0 Å². The van der Waals surface area contributed by atoms with E-state index in [2.05, 4.69) is 15.3 Å². The fourth-order valence-electron chi connectivity index (χ4n) is 2.78. The summed E-state index contributed by atoms with van der Waals surface area (Å²) in [7, 11) is 3.19. The maximum atomic E-state index is 13.4. The molecule has 8 heteroatoms. The molecule has 2 heterocycles. The van der Waals surface area contributed by atoms with Crippen LogP contribution in [-0.2, 0) is 5.75 Å². The summed E-state index contributed by atoms with van der Waals surface area (Å²) in [5.41, 5.74) is 3.15. The molecular formula is C20H17FN4O2S. The minimum atomic E-state index is -0.252. The molecule has 0 aliphatic heterocycles. The molecule has 2 aromatic heterocycles. The highest BCUT2D eigenvalue weighted by molar-refractivity contribution is 7.98. The molecule has 0 saturated heterocycles. The number of halogens is 1. The van der Waals surface area contributed by atoms with E-state index in [0.717, 1.165) is 16.8 Å². The fourth-order valence-corrected chi connectivity index (χ4v) is 3.61. The first-order valence-electron chi connectivity index (χ1n) is 8.50. The Bertz CT molecular complexity index is 1130. The van der Waals surface area contributed by atoms with E-state index in [1.54, 1.807) is 24.8 Å². The van der Waals surface area contributed by atoms with Gasteiger partial charge >= 0.3 is 0 Å². The summed E-state index contributed by atoms with van der Waals surface area (Å²) < 4.78 is 25.7. The van der Waals surface area contributed by atoms with Gasteiger partial charge in [-0.3, -0.25) is 0 Å². The number of benzene rings is 2. The first-order chi connectivity index (χ1) is 13.7. The average Bonchev–Trinajstić information content (AvgIpc) is 3.14. The third kappa shape index (κ3) is 3.63. The van der Waals surface area contributed by atoms with Gasteiger partial charge in [0.25, 0.3) is 0 Å². The van der Waals surface area contributed by atoms with E-state index in [0.29, 0.717) is 28.1 Å². The quantitative estimate of drug-likeness (QED) is 0.454. The number of nitrogens with zero attached hydrogens (tertiary/aromatic N) is 4.